The summed E-state index contributed by atoms with van der Waals surface area (Å²) in [5, 5.41) is 5.62. The summed E-state index contributed by atoms with van der Waals surface area (Å²) in [5.74, 6) is 1.30. The molecule has 2 aromatic heterocycles. The summed E-state index contributed by atoms with van der Waals surface area (Å²) in [4.78, 5) is 5.79. The molecule has 0 saturated heterocycles. The second-order valence-electron chi connectivity index (χ2n) is 5.28. The normalized spacial score (nSPS) is 15.4. The number of hydrogen-bond acceptors (Lipinski definition) is 3. The first-order valence-electron chi connectivity index (χ1n) is 6.76. The quantitative estimate of drug-likeness (QED) is 0.869. The molecule has 2 aromatic rings. The fourth-order valence-electron chi connectivity index (χ4n) is 2.58. The second kappa shape index (κ2) is 5.85. The Bertz CT molecular complexity index is 457. The van der Waals surface area contributed by atoms with Crippen LogP contribution >= 0.6 is 11.3 Å². The molecular weight excluding hydrogens is 242 g/mol. The van der Waals surface area contributed by atoms with E-state index in [-0.39, 0.29) is 0 Å². The maximum absolute atomic E-state index is 4.69. The van der Waals surface area contributed by atoms with Crippen molar-refractivity contribution in [1.29, 1.82) is 0 Å². The minimum Gasteiger partial charge on any atom is -0.314 e. The molecular formula is C14H23N3S. The van der Waals surface area contributed by atoms with E-state index in [1.807, 2.05) is 0 Å². The van der Waals surface area contributed by atoms with Gasteiger partial charge in [0.2, 0.25) is 0 Å². The van der Waals surface area contributed by atoms with Gasteiger partial charge in [-0.05, 0) is 31.7 Å². The summed E-state index contributed by atoms with van der Waals surface area (Å²) < 4.78 is 2.12. The number of nitrogens with zero attached hydrogens (tertiary/aromatic N) is 2. The highest BCUT2D eigenvalue weighted by molar-refractivity contribution is 7.15. The second-order valence-corrected chi connectivity index (χ2v) is 6.16. The number of nitrogens with one attached hydrogen (secondary N) is 1. The van der Waals surface area contributed by atoms with Crippen LogP contribution in [0.3, 0.4) is 0 Å². The van der Waals surface area contributed by atoms with E-state index in [1.165, 1.54) is 5.69 Å². The largest absolute Gasteiger partial charge is 0.314 e. The van der Waals surface area contributed by atoms with E-state index in [0.717, 1.165) is 17.9 Å². The van der Waals surface area contributed by atoms with Gasteiger partial charge in [0.15, 0.2) is 4.96 Å². The monoisotopic (exact) mass is 265 g/mol. The molecule has 0 spiro atoms. The fraction of sp³-hybridized carbons (Fsp3) is 0.643. The maximum atomic E-state index is 4.69. The zero-order valence-corrected chi connectivity index (χ0v) is 12.5. The van der Waals surface area contributed by atoms with Crippen molar-refractivity contribution >= 4 is 16.3 Å². The van der Waals surface area contributed by atoms with Crippen LogP contribution < -0.4 is 5.32 Å². The van der Waals surface area contributed by atoms with Crippen molar-refractivity contribution in [3.8, 4) is 0 Å². The Morgan fingerprint density at radius 3 is 2.78 bits per heavy atom. The SMILES string of the molecule is CCNC(C)C(Cc1cn2ccsc2n1)C(C)C. The molecule has 1 N–H and O–H groups in total. The van der Waals surface area contributed by atoms with Crippen molar-refractivity contribution < 1.29 is 0 Å². The Kier molecular flexibility index (Phi) is 4.40. The molecule has 2 rings (SSSR count). The highest BCUT2D eigenvalue weighted by atomic mass is 32.1. The van der Waals surface area contributed by atoms with Gasteiger partial charge < -0.3 is 5.32 Å². The van der Waals surface area contributed by atoms with Gasteiger partial charge in [-0.2, -0.15) is 0 Å². The molecule has 18 heavy (non-hydrogen) atoms. The third-order valence-electron chi connectivity index (χ3n) is 3.61. The van der Waals surface area contributed by atoms with Crippen LogP contribution in [0.15, 0.2) is 17.8 Å². The molecule has 3 nitrogen and oxygen atoms in total. The van der Waals surface area contributed by atoms with Crippen LogP contribution in [0.25, 0.3) is 4.96 Å². The zero-order chi connectivity index (χ0) is 13.1. The van der Waals surface area contributed by atoms with Crippen LogP contribution in [0.4, 0.5) is 0 Å². The molecule has 4 heteroatoms. The van der Waals surface area contributed by atoms with Crippen LogP contribution in [0.1, 0.15) is 33.4 Å². The topological polar surface area (TPSA) is 29.3 Å². The molecule has 0 aromatic carbocycles. The molecule has 0 aliphatic heterocycles. The highest BCUT2D eigenvalue weighted by Crippen LogP contribution is 2.22. The van der Waals surface area contributed by atoms with Crippen LogP contribution in [0, 0.1) is 11.8 Å². The lowest BCUT2D eigenvalue weighted by atomic mass is 9.85. The van der Waals surface area contributed by atoms with Gasteiger partial charge in [0, 0.05) is 23.8 Å². The van der Waals surface area contributed by atoms with Crippen molar-refractivity contribution in [3.05, 3.63) is 23.5 Å². The summed E-state index contributed by atoms with van der Waals surface area (Å²) in [6.07, 6.45) is 5.30. The maximum Gasteiger partial charge on any atom is 0.193 e. The first kappa shape index (κ1) is 13.6. The average Bonchev–Trinajstić information content (AvgIpc) is 2.85. The summed E-state index contributed by atoms with van der Waals surface area (Å²) in [6, 6.07) is 0.537. The lowest BCUT2D eigenvalue weighted by Gasteiger charge is -2.27. The van der Waals surface area contributed by atoms with Crippen LogP contribution in [-0.4, -0.2) is 22.0 Å². The smallest absolute Gasteiger partial charge is 0.193 e. The fourth-order valence-corrected chi connectivity index (χ4v) is 3.30. The minimum absolute atomic E-state index is 0.537. The van der Waals surface area contributed by atoms with E-state index in [4.69, 9.17) is 4.98 Å². The lowest BCUT2D eigenvalue weighted by Crippen LogP contribution is -2.37. The molecule has 0 saturated carbocycles. The van der Waals surface area contributed by atoms with E-state index >= 15 is 0 Å². The average molecular weight is 265 g/mol. The van der Waals surface area contributed by atoms with E-state index in [1.54, 1.807) is 11.3 Å². The van der Waals surface area contributed by atoms with Crippen molar-refractivity contribution in [1.82, 2.24) is 14.7 Å². The Morgan fingerprint density at radius 1 is 1.39 bits per heavy atom. The van der Waals surface area contributed by atoms with Gasteiger partial charge in [-0.25, -0.2) is 4.98 Å². The van der Waals surface area contributed by atoms with Gasteiger partial charge in [-0.15, -0.1) is 11.3 Å². The molecule has 0 aliphatic carbocycles. The molecule has 2 unspecified atom stereocenters. The minimum atomic E-state index is 0.537. The van der Waals surface area contributed by atoms with Gasteiger partial charge in [0.1, 0.15) is 0 Å². The third kappa shape index (κ3) is 2.93. The first-order chi connectivity index (χ1) is 8.61. The van der Waals surface area contributed by atoms with Gasteiger partial charge in [0.25, 0.3) is 0 Å². The Hall–Kier alpha value is -0.870. The first-order valence-corrected chi connectivity index (χ1v) is 7.64. The Labute approximate surface area is 113 Å². The zero-order valence-electron chi connectivity index (χ0n) is 11.7. The van der Waals surface area contributed by atoms with Crippen LogP contribution in [0.2, 0.25) is 0 Å². The number of aromatic nitrogens is 2. The van der Waals surface area contributed by atoms with E-state index in [2.05, 4.69) is 55.2 Å². The summed E-state index contributed by atoms with van der Waals surface area (Å²) in [6.45, 7) is 10.1. The van der Waals surface area contributed by atoms with Crippen molar-refractivity contribution in [2.45, 2.75) is 40.2 Å². The van der Waals surface area contributed by atoms with Gasteiger partial charge in [-0.3, -0.25) is 4.40 Å². The molecule has 2 heterocycles. The predicted octanol–water partition coefficient (Wildman–Crippen LogP) is 3.21. The molecule has 0 amide bonds. The number of fused-ring (bicyclic) bond motifs is 1. The van der Waals surface area contributed by atoms with Crippen LogP contribution in [-0.2, 0) is 6.42 Å². The van der Waals surface area contributed by atoms with E-state index in [9.17, 15) is 0 Å². The summed E-state index contributed by atoms with van der Waals surface area (Å²) >= 11 is 1.70. The summed E-state index contributed by atoms with van der Waals surface area (Å²) in [5.41, 5.74) is 1.21. The molecule has 0 fully saturated rings. The number of thiazole rings is 1. The molecule has 2 atom stereocenters. The predicted molar refractivity (Wildman–Crippen MR) is 78.2 cm³/mol. The van der Waals surface area contributed by atoms with Crippen molar-refractivity contribution in [3.63, 3.8) is 0 Å². The highest BCUT2D eigenvalue weighted by Gasteiger charge is 2.21. The number of rotatable bonds is 6. The summed E-state index contributed by atoms with van der Waals surface area (Å²) in [7, 11) is 0. The molecule has 0 bridgehead atoms. The van der Waals surface area contributed by atoms with Gasteiger partial charge in [-0.1, -0.05) is 20.8 Å². The van der Waals surface area contributed by atoms with Crippen molar-refractivity contribution in [2.24, 2.45) is 11.8 Å². The Morgan fingerprint density at radius 2 is 2.17 bits per heavy atom. The molecule has 100 valence electrons. The lowest BCUT2D eigenvalue weighted by molar-refractivity contribution is 0.290. The Balaban J connectivity index is 2.10. The number of hydrogen-bond donors (Lipinski definition) is 1. The standard InChI is InChI=1S/C14H23N3S/c1-5-15-11(4)13(10(2)3)8-12-9-17-6-7-18-14(17)16-12/h6-7,9-11,13,15H,5,8H2,1-4H3. The van der Waals surface area contributed by atoms with Gasteiger partial charge in [0.05, 0.1) is 5.69 Å². The van der Waals surface area contributed by atoms with Crippen LogP contribution in [0.5, 0.6) is 0 Å². The number of imidazole rings is 1. The van der Waals surface area contributed by atoms with Gasteiger partial charge >= 0.3 is 0 Å². The van der Waals surface area contributed by atoms with E-state index < -0.39 is 0 Å². The molecule has 0 radical (unpaired) electrons. The van der Waals surface area contributed by atoms with E-state index in [0.29, 0.717) is 17.9 Å². The molecule has 0 aliphatic rings. The third-order valence-corrected chi connectivity index (χ3v) is 4.38. The van der Waals surface area contributed by atoms with Crippen molar-refractivity contribution in [2.75, 3.05) is 6.54 Å².